The van der Waals surface area contributed by atoms with Gasteiger partial charge in [0.15, 0.2) is 0 Å². The van der Waals surface area contributed by atoms with E-state index in [0.29, 0.717) is 18.0 Å². The summed E-state index contributed by atoms with van der Waals surface area (Å²) in [6.07, 6.45) is 1.11. The normalized spacial score (nSPS) is 13.8. The van der Waals surface area contributed by atoms with Crippen molar-refractivity contribution < 1.29 is 4.79 Å². The summed E-state index contributed by atoms with van der Waals surface area (Å²) in [6, 6.07) is 26.9. The molecule has 3 aromatic rings. The van der Waals surface area contributed by atoms with Crippen LogP contribution in [0.15, 0.2) is 78.9 Å². The molecule has 1 atom stereocenters. The van der Waals surface area contributed by atoms with Gasteiger partial charge in [-0.25, -0.2) is 0 Å². The average molecular weight is 370 g/mol. The number of anilines is 1. The summed E-state index contributed by atoms with van der Waals surface area (Å²) in [5, 5.41) is 3.05. The van der Waals surface area contributed by atoms with Crippen molar-refractivity contribution in [3.05, 3.63) is 101 Å². The summed E-state index contributed by atoms with van der Waals surface area (Å²) < 4.78 is 0. The van der Waals surface area contributed by atoms with Crippen molar-refractivity contribution in [3.8, 4) is 0 Å². The highest BCUT2D eigenvalue weighted by atomic mass is 16.1. The van der Waals surface area contributed by atoms with Crippen LogP contribution in [0, 0.1) is 0 Å². The summed E-state index contributed by atoms with van der Waals surface area (Å²) in [4.78, 5) is 14.9. The Morgan fingerprint density at radius 2 is 1.68 bits per heavy atom. The van der Waals surface area contributed by atoms with Crippen molar-refractivity contribution in [3.63, 3.8) is 0 Å². The molecule has 1 aliphatic heterocycles. The molecule has 0 saturated heterocycles. The van der Waals surface area contributed by atoms with Crippen molar-refractivity contribution in [2.75, 3.05) is 18.0 Å². The van der Waals surface area contributed by atoms with Crippen LogP contribution < -0.4 is 10.2 Å². The highest BCUT2D eigenvalue weighted by Gasteiger charge is 2.18. The van der Waals surface area contributed by atoms with E-state index in [1.807, 2.05) is 30.3 Å². The zero-order valence-electron chi connectivity index (χ0n) is 16.3. The van der Waals surface area contributed by atoms with E-state index in [-0.39, 0.29) is 5.91 Å². The molecule has 0 spiro atoms. The Bertz CT molecular complexity index is 934. The number of para-hydroxylation sites is 1. The lowest BCUT2D eigenvalue weighted by Crippen LogP contribution is -2.27. The maximum atomic E-state index is 12.5. The van der Waals surface area contributed by atoms with E-state index in [0.717, 1.165) is 19.5 Å². The van der Waals surface area contributed by atoms with Crippen LogP contribution in [0.25, 0.3) is 0 Å². The zero-order valence-corrected chi connectivity index (χ0v) is 16.3. The van der Waals surface area contributed by atoms with Crippen LogP contribution in [0.5, 0.6) is 0 Å². The number of nitrogens with one attached hydrogen (secondary N) is 1. The van der Waals surface area contributed by atoms with Crippen LogP contribution in [-0.2, 0) is 13.0 Å². The Hall–Kier alpha value is -3.07. The van der Waals surface area contributed by atoms with Gasteiger partial charge in [-0.2, -0.15) is 0 Å². The first kappa shape index (κ1) is 18.3. The van der Waals surface area contributed by atoms with Gasteiger partial charge in [-0.15, -0.1) is 0 Å². The molecule has 0 saturated carbocycles. The monoisotopic (exact) mass is 370 g/mol. The van der Waals surface area contributed by atoms with Gasteiger partial charge < -0.3 is 10.2 Å². The third kappa shape index (κ3) is 4.09. The molecule has 0 aliphatic carbocycles. The Labute approximate surface area is 167 Å². The van der Waals surface area contributed by atoms with Crippen LogP contribution in [0.1, 0.15) is 39.9 Å². The summed E-state index contributed by atoms with van der Waals surface area (Å²) in [7, 11) is 0. The van der Waals surface area contributed by atoms with Gasteiger partial charge in [0.05, 0.1) is 0 Å². The number of nitrogens with zero attached hydrogens (tertiary/aromatic N) is 1. The Morgan fingerprint density at radius 3 is 2.46 bits per heavy atom. The quantitative estimate of drug-likeness (QED) is 0.677. The van der Waals surface area contributed by atoms with Crippen LogP contribution in [0.2, 0.25) is 0 Å². The molecule has 3 aromatic carbocycles. The summed E-state index contributed by atoms with van der Waals surface area (Å²) in [5.41, 5.74) is 5.94. The van der Waals surface area contributed by atoms with Gasteiger partial charge in [0.25, 0.3) is 5.91 Å². The fraction of sp³-hybridized carbons (Fsp3) is 0.240. The Kier molecular flexibility index (Phi) is 5.43. The van der Waals surface area contributed by atoms with E-state index in [1.165, 1.54) is 22.4 Å². The second kappa shape index (κ2) is 8.30. The highest BCUT2D eigenvalue weighted by molar-refractivity contribution is 5.94. The van der Waals surface area contributed by atoms with Crippen molar-refractivity contribution in [1.29, 1.82) is 0 Å². The topological polar surface area (TPSA) is 32.3 Å². The minimum Gasteiger partial charge on any atom is -0.367 e. The summed E-state index contributed by atoms with van der Waals surface area (Å²) >= 11 is 0. The van der Waals surface area contributed by atoms with Gasteiger partial charge in [0.1, 0.15) is 0 Å². The molecule has 1 amide bonds. The molecular weight excluding hydrogens is 344 g/mol. The third-order valence-corrected chi connectivity index (χ3v) is 5.51. The predicted molar refractivity (Wildman–Crippen MR) is 115 cm³/mol. The molecule has 3 nitrogen and oxygen atoms in total. The fourth-order valence-electron chi connectivity index (χ4n) is 3.80. The maximum Gasteiger partial charge on any atom is 0.251 e. The van der Waals surface area contributed by atoms with Crippen LogP contribution in [0.3, 0.4) is 0 Å². The molecule has 4 rings (SSSR count). The molecule has 1 aliphatic rings. The molecule has 0 radical (unpaired) electrons. The van der Waals surface area contributed by atoms with E-state index in [2.05, 4.69) is 65.7 Å². The summed E-state index contributed by atoms with van der Waals surface area (Å²) in [6.45, 7) is 4.70. The van der Waals surface area contributed by atoms with Crippen LogP contribution in [0.4, 0.5) is 5.69 Å². The molecule has 0 aromatic heterocycles. The van der Waals surface area contributed by atoms with Crippen molar-refractivity contribution in [2.24, 2.45) is 0 Å². The highest BCUT2D eigenvalue weighted by Crippen LogP contribution is 2.28. The Balaban J connectivity index is 1.34. The molecule has 28 heavy (non-hydrogen) atoms. The van der Waals surface area contributed by atoms with Crippen LogP contribution in [-0.4, -0.2) is 19.0 Å². The lowest BCUT2D eigenvalue weighted by atomic mass is 10.0. The van der Waals surface area contributed by atoms with E-state index < -0.39 is 0 Å². The number of amides is 1. The van der Waals surface area contributed by atoms with Crippen molar-refractivity contribution in [2.45, 2.75) is 25.8 Å². The minimum atomic E-state index is -0.0131. The SMILES string of the molecule is CC(CNC(=O)c1ccc(CN2CCc3ccccc32)cc1)c1ccccc1. The standard InChI is InChI=1S/C25H26N2O/c1-19(21-7-3-2-4-8-21)17-26-25(28)23-13-11-20(12-14-23)18-27-16-15-22-9-5-6-10-24(22)27/h2-14,19H,15-18H2,1H3,(H,26,28). The first-order valence-electron chi connectivity index (χ1n) is 9.95. The number of rotatable bonds is 6. The van der Waals surface area contributed by atoms with Gasteiger partial charge in [-0.05, 0) is 47.2 Å². The van der Waals surface area contributed by atoms with Crippen LogP contribution >= 0.6 is 0 Å². The second-order valence-electron chi connectivity index (χ2n) is 7.52. The molecular formula is C25H26N2O. The fourth-order valence-corrected chi connectivity index (χ4v) is 3.80. The second-order valence-corrected chi connectivity index (χ2v) is 7.52. The zero-order chi connectivity index (χ0) is 19.3. The first-order chi connectivity index (χ1) is 13.7. The molecule has 0 fully saturated rings. The summed E-state index contributed by atoms with van der Waals surface area (Å²) in [5.74, 6) is 0.278. The smallest absolute Gasteiger partial charge is 0.251 e. The van der Waals surface area contributed by atoms with Gasteiger partial charge >= 0.3 is 0 Å². The lowest BCUT2D eigenvalue weighted by molar-refractivity contribution is 0.0951. The van der Waals surface area contributed by atoms with E-state index in [1.54, 1.807) is 0 Å². The molecule has 0 bridgehead atoms. The molecule has 142 valence electrons. The van der Waals surface area contributed by atoms with Crippen molar-refractivity contribution in [1.82, 2.24) is 5.32 Å². The average Bonchev–Trinajstić information content (AvgIpc) is 3.16. The van der Waals surface area contributed by atoms with E-state index in [9.17, 15) is 4.79 Å². The largest absolute Gasteiger partial charge is 0.367 e. The first-order valence-corrected chi connectivity index (χ1v) is 9.95. The number of benzene rings is 3. The van der Waals surface area contributed by atoms with Gasteiger partial charge in [0.2, 0.25) is 0 Å². The number of carbonyl (C=O) groups is 1. The van der Waals surface area contributed by atoms with Gasteiger partial charge in [0, 0.05) is 30.9 Å². The molecule has 3 heteroatoms. The van der Waals surface area contributed by atoms with E-state index in [4.69, 9.17) is 0 Å². The Morgan fingerprint density at radius 1 is 0.964 bits per heavy atom. The third-order valence-electron chi connectivity index (χ3n) is 5.51. The maximum absolute atomic E-state index is 12.5. The number of carbonyl (C=O) groups excluding carboxylic acids is 1. The number of hydrogen-bond acceptors (Lipinski definition) is 2. The lowest BCUT2D eigenvalue weighted by Gasteiger charge is -2.19. The van der Waals surface area contributed by atoms with Gasteiger partial charge in [-0.1, -0.05) is 67.6 Å². The predicted octanol–water partition coefficient (Wildman–Crippen LogP) is 4.78. The molecule has 1 unspecified atom stereocenters. The van der Waals surface area contributed by atoms with Crippen molar-refractivity contribution >= 4 is 11.6 Å². The molecule has 1 N–H and O–H groups in total. The van der Waals surface area contributed by atoms with E-state index >= 15 is 0 Å². The molecule has 1 heterocycles. The van der Waals surface area contributed by atoms with Gasteiger partial charge in [-0.3, -0.25) is 4.79 Å². The minimum absolute atomic E-state index is 0.0131. The number of hydrogen-bond donors (Lipinski definition) is 1. The number of fused-ring (bicyclic) bond motifs is 1.